The highest BCUT2D eigenvalue weighted by Crippen LogP contribution is 2.35. The molecule has 2 N–H and O–H groups in total. The fraction of sp³-hybridized carbons (Fsp3) is 0.344. The van der Waals surface area contributed by atoms with Crippen LogP contribution in [0.25, 0.3) is 22.2 Å². The smallest absolute Gasteiger partial charge is 0.475 e. The standard InChI is InChI=1S/C30H31FN4O.C2HF3O2/c1-20-3-2-4-23(15-20)27-9-5-21(17-33-27)16-32-25-11-13-34(14-12-25)18-24-19-35-28(36)10-7-22-6-8-26(31)29(24)30(22)35;3-2(4,5)1(6)7/h2-10,15,17,24-25,32H,11-14,16,18-19H2,1H3;(H,6,7). The maximum Gasteiger partial charge on any atom is 0.490 e. The zero-order valence-electron chi connectivity index (χ0n) is 23.6. The van der Waals surface area contributed by atoms with E-state index in [1.54, 1.807) is 22.8 Å². The van der Waals surface area contributed by atoms with Gasteiger partial charge in [0.1, 0.15) is 5.82 Å². The molecule has 7 nitrogen and oxygen atoms in total. The van der Waals surface area contributed by atoms with Gasteiger partial charge in [-0.3, -0.25) is 9.78 Å². The van der Waals surface area contributed by atoms with Crippen molar-refractivity contribution in [3.63, 3.8) is 0 Å². The van der Waals surface area contributed by atoms with E-state index in [-0.39, 0.29) is 17.3 Å². The molecule has 2 aliphatic rings. The van der Waals surface area contributed by atoms with E-state index in [0.29, 0.717) is 18.2 Å². The van der Waals surface area contributed by atoms with Crippen LogP contribution in [0.5, 0.6) is 0 Å². The lowest BCUT2D eigenvalue weighted by Gasteiger charge is -2.34. The van der Waals surface area contributed by atoms with Crippen LogP contribution in [0, 0.1) is 12.7 Å². The van der Waals surface area contributed by atoms with E-state index < -0.39 is 12.1 Å². The Morgan fingerprint density at radius 3 is 2.44 bits per heavy atom. The summed E-state index contributed by atoms with van der Waals surface area (Å²) in [7, 11) is 0. The van der Waals surface area contributed by atoms with Crippen LogP contribution in [0.3, 0.4) is 0 Å². The molecule has 1 unspecified atom stereocenters. The molecule has 226 valence electrons. The number of carboxylic acid groups (broad SMARTS) is 1. The molecular weight excluding hydrogens is 564 g/mol. The number of carboxylic acids is 1. The molecule has 4 aromatic rings. The fourth-order valence-corrected chi connectivity index (χ4v) is 5.83. The number of pyridine rings is 2. The molecule has 0 amide bonds. The number of hydrogen-bond donors (Lipinski definition) is 2. The predicted molar refractivity (Wildman–Crippen MR) is 155 cm³/mol. The summed E-state index contributed by atoms with van der Waals surface area (Å²) in [5.41, 5.74) is 6.03. The molecule has 0 bridgehead atoms. The number of alkyl halides is 3. The van der Waals surface area contributed by atoms with Crippen LogP contribution in [0.15, 0.2) is 71.7 Å². The van der Waals surface area contributed by atoms with E-state index in [2.05, 4.69) is 58.5 Å². The summed E-state index contributed by atoms with van der Waals surface area (Å²) in [6.07, 6.45) is -1.00. The molecule has 1 fully saturated rings. The molecule has 0 radical (unpaired) electrons. The zero-order valence-corrected chi connectivity index (χ0v) is 23.6. The van der Waals surface area contributed by atoms with Gasteiger partial charge in [0.25, 0.3) is 5.56 Å². The Bertz CT molecular complexity index is 1660. The van der Waals surface area contributed by atoms with Crippen LogP contribution in [-0.4, -0.2) is 57.4 Å². The fourth-order valence-electron chi connectivity index (χ4n) is 5.83. The number of hydrogen-bond acceptors (Lipinski definition) is 5. The van der Waals surface area contributed by atoms with Crippen LogP contribution in [0.1, 0.15) is 35.4 Å². The number of aromatic nitrogens is 2. The molecule has 1 saturated heterocycles. The Hall–Kier alpha value is -4.09. The van der Waals surface area contributed by atoms with Crippen molar-refractivity contribution in [1.29, 1.82) is 0 Å². The van der Waals surface area contributed by atoms with E-state index in [0.717, 1.165) is 61.2 Å². The van der Waals surface area contributed by atoms with Crippen LogP contribution in [0.4, 0.5) is 17.6 Å². The van der Waals surface area contributed by atoms with Crippen LogP contribution in [-0.2, 0) is 17.9 Å². The first-order chi connectivity index (χ1) is 20.5. The molecule has 11 heteroatoms. The van der Waals surface area contributed by atoms with Crippen molar-refractivity contribution >= 4 is 16.9 Å². The maximum absolute atomic E-state index is 14.8. The molecule has 6 rings (SSSR count). The third-order valence-electron chi connectivity index (χ3n) is 7.99. The topological polar surface area (TPSA) is 87.5 Å². The minimum atomic E-state index is -5.08. The molecule has 0 spiro atoms. The summed E-state index contributed by atoms with van der Waals surface area (Å²) in [5, 5.41) is 11.8. The number of nitrogens with zero attached hydrogens (tertiary/aromatic N) is 3. The number of rotatable bonds is 6. The second-order valence-electron chi connectivity index (χ2n) is 11.1. The molecular formula is C32H32F4N4O3. The van der Waals surface area contributed by atoms with E-state index in [1.807, 2.05) is 12.3 Å². The molecule has 43 heavy (non-hydrogen) atoms. The summed E-state index contributed by atoms with van der Waals surface area (Å²) in [6, 6.07) is 19.8. The molecule has 0 saturated carbocycles. The maximum atomic E-state index is 14.8. The Balaban J connectivity index is 0.000000472. The van der Waals surface area contributed by atoms with Gasteiger partial charge in [-0.2, -0.15) is 13.2 Å². The first-order valence-electron chi connectivity index (χ1n) is 14.1. The second-order valence-corrected chi connectivity index (χ2v) is 11.1. The number of carbonyl (C=O) groups is 1. The van der Waals surface area contributed by atoms with Gasteiger partial charge >= 0.3 is 12.1 Å². The lowest BCUT2D eigenvalue weighted by atomic mass is 9.97. The van der Waals surface area contributed by atoms with Crippen LogP contribution >= 0.6 is 0 Å². The lowest BCUT2D eigenvalue weighted by Crippen LogP contribution is -2.43. The molecule has 4 heterocycles. The average Bonchev–Trinajstić information content (AvgIpc) is 3.37. The SMILES string of the molecule is Cc1cccc(-c2ccc(CNC3CCN(CC4Cn5c(=O)ccc6ccc(F)c4c65)CC3)cn2)c1.O=C(O)C(F)(F)F. The summed E-state index contributed by atoms with van der Waals surface area (Å²) in [5.74, 6) is -2.93. The van der Waals surface area contributed by atoms with Crippen molar-refractivity contribution < 1.29 is 27.5 Å². The number of benzene rings is 2. The van der Waals surface area contributed by atoms with Gasteiger partial charge in [0.2, 0.25) is 0 Å². The van der Waals surface area contributed by atoms with Crippen molar-refractivity contribution in [1.82, 2.24) is 19.8 Å². The van der Waals surface area contributed by atoms with Crippen LogP contribution in [0.2, 0.25) is 0 Å². The highest BCUT2D eigenvalue weighted by molar-refractivity contribution is 5.84. The highest BCUT2D eigenvalue weighted by atomic mass is 19.4. The second kappa shape index (κ2) is 12.6. The largest absolute Gasteiger partial charge is 0.490 e. The zero-order chi connectivity index (χ0) is 30.7. The number of aliphatic carboxylic acids is 1. The molecule has 2 aromatic carbocycles. The highest BCUT2D eigenvalue weighted by Gasteiger charge is 2.38. The number of likely N-dealkylation sites (tertiary alicyclic amines) is 1. The summed E-state index contributed by atoms with van der Waals surface area (Å²) >= 11 is 0. The van der Waals surface area contributed by atoms with Gasteiger partial charge in [-0.15, -0.1) is 0 Å². The third-order valence-corrected chi connectivity index (χ3v) is 7.99. The Labute approximate surface area is 245 Å². The monoisotopic (exact) mass is 596 g/mol. The van der Waals surface area contributed by atoms with E-state index in [4.69, 9.17) is 9.90 Å². The Morgan fingerprint density at radius 1 is 1.07 bits per heavy atom. The van der Waals surface area contributed by atoms with Crippen molar-refractivity contribution in [2.75, 3.05) is 19.6 Å². The number of halogens is 4. The Morgan fingerprint density at radius 2 is 1.79 bits per heavy atom. The van der Waals surface area contributed by atoms with Crippen molar-refractivity contribution in [2.24, 2.45) is 0 Å². The molecule has 2 aromatic heterocycles. The van der Waals surface area contributed by atoms with Gasteiger partial charge in [-0.1, -0.05) is 29.8 Å². The normalized spacial score (nSPS) is 17.1. The van der Waals surface area contributed by atoms with Gasteiger partial charge in [-0.25, -0.2) is 9.18 Å². The van der Waals surface area contributed by atoms with Gasteiger partial charge in [0.05, 0.1) is 11.2 Å². The first kappa shape index (κ1) is 30.4. The summed E-state index contributed by atoms with van der Waals surface area (Å²) in [4.78, 5) is 28.4. The molecule has 2 aliphatic heterocycles. The number of piperidine rings is 1. The molecule has 1 atom stereocenters. The van der Waals surface area contributed by atoms with Crippen LogP contribution < -0.4 is 10.9 Å². The Kier molecular flexibility index (Phi) is 8.93. The van der Waals surface area contributed by atoms with Gasteiger partial charge in [0, 0.05) is 55.0 Å². The summed E-state index contributed by atoms with van der Waals surface area (Å²) in [6.45, 7) is 6.20. The average molecular weight is 597 g/mol. The third kappa shape index (κ3) is 7.11. The van der Waals surface area contributed by atoms with E-state index in [1.165, 1.54) is 11.1 Å². The van der Waals surface area contributed by atoms with Crippen molar-refractivity contribution in [3.8, 4) is 11.3 Å². The minimum Gasteiger partial charge on any atom is -0.475 e. The van der Waals surface area contributed by atoms with Crippen molar-refractivity contribution in [3.05, 3.63) is 99.7 Å². The van der Waals surface area contributed by atoms with E-state index >= 15 is 0 Å². The number of nitrogens with one attached hydrogen (secondary N) is 1. The minimum absolute atomic E-state index is 0.0197. The van der Waals surface area contributed by atoms with E-state index in [9.17, 15) is 22.4 Å². The predicted octanol–water partition coefficient (Wildman–Crippen LogP) is 5.50. The first-order valence-corrected chi connectivity index (χ1v) is 14.1. The van der Waals surface area contributed by atoms with Gasteiger partial charge in [-0.05, 0) is 74.1 Å². The van der Waals surface area contributed by atoms with Crippen molar-refractivity contribution in [2.45, 2.75) is 51.0 Å². The quantitative estimate of drug-likeness (QED) is 0.286. The van der Waals surface area contributed by atoms with Gasteiger partial charge in [0.15, 0.2) is 0 Å². The number of aryl methyl sites for hydroxylation is 1. The summed E-state index contributed by atoms with van der Waals surface area (Å²) < 4.78 is 48.3. The lowest BCUT2D eigenvalue weighted by molar-refractivity contribution is -0.192. The van der Waals surface area contributed by atoms with Gasteiger partial charge < -0.3 is 19.9 Å². The molecule has 0 aliphatic carbocycles.